The molecule has 0 radical (unpaired) electrons. The van der Waals surface area contributed by atoms with E-state index in [0.29, 0.717) is 6.54 Å². The van der Waals surface area contributed by atoms with Gasteiger partial charge in [-0.3, -0.25) is 0 Å². The molecule has 1 aromatic carbocycles. The Labute approximate surface area is 75.0 Å². The molecular weight excluding hydrogens is 169 g/mol. The fraction of sp³-hybridized carbons (Fsp3) is 0.222. The summed E-state index contributed by atoms with van der Waals surface area (Å²) in [5.41, 5.74) is 7.04. The van der Waals surface area contributed by atoms with Crippen molar-refractivity contribution in [3.05, 3.63) is 29.8 Å². The molecule has 0 amide bonds. The number of aryl methyl sites for hydroxylation is 1. The minimum absolute atomic E-state index is 0.251. The van der Waals surface area contributed by atoms with Gasteiger partial charge in [-0.2, -0.15) is 0 Å². The fourth-order valence-electron chi connectivity index (χ4n) is 1.40. The summed E-state index contributed by atoms with van der Waals surface area (Å²) in [5.74, 6) is 0.514. The van der Waals surface area contributed by atoms with Crippen LogP contribution in [0.5, 0.6) is 0 Å². The number of nitrogens with zero attached hydrogens (tertiary/aromatic N) is 2. The second kappa shape index (κ2) is 2.81. The number of benzene rings is 1. The van der Waals surface area contributed by atoms with Crippen molar-refractivity contribution in [3.63, 3.8) is 0 Å². The first kappa shape index (κ1) is 8.19. The van der Waals surface area contributed by atoms with Gasteiger partial charge in [0.25, 0.3) is 0 Å². The van der Waals surface area contributed by atoms with Gasteiger partial charge < -0.3 is 10.3 Å². The van der Waals surface area contributed by atoms with Gasteiger partial charge in [-0.25, -0.2) is 9.37 Å². The SMILES string of the molecule is Cn1c(CN)nc2ccc(F)cc21. The second-order valence-electron chi connectivity index (χ2n) is 2.92. The van der Waals surface area contributed by atoms with Crippen LogP contribution in [0.3, 0.4) is 0 Å². The van der Waals surface area contributed by atoms with E-state index >= 15 is 0 Å². The van der Waals surface area contributed by atoms with E-state index in [9.17, 15) is 4.39 Å². The number of nitrogens with two attached hydrogens (primary N) is 1. The average Bonchev–Trinajstić information content (AvgIpc) is 2.44. The minimum atomic E-state index is -0.251. The molecule has 2 aromatic rings. The van der Waals surface area contributed by atoms with E-state index in [-0.39, 0.29) is 5.82 Å². The summed E-state index contributed by atoms with van der Waals surface area (Å²) in [6.45, 7) is 0.368. The maximum Gasteiger partial charge on any atom is 0.125 e. The quantitative estimate of drug-likeness (QED) is 0.714. The first-order valence-corrected chi connectivity index (χ1v) is 4.03. The van der Waals surface area contributed by atoms with Crippen LogP contribution in [-0.2, 0) is 13.6 Å². The zero-order valence-electron chi connectivity index (χ0n) is 7.29. The molecule has 0 fully saturated rings. The molecule has 2 rings (SSSR count). The molecular formula is C9H10FN3. The summed E-state index contributed by atoms with van der Waals surface area (Å²) in [7, 11) is 1.83. The van der Waals surface area contributed by atoms with Crippen LogP contribution in [0.25, 0.3) is 11.0 Å². The van der Waals surface area contributed by atoms with Crippen LogP contribution < -0.4 is 5.73 Å². The number of fused-ring (bicyclic) bond motifs is 1. The first-order chi connectivity index (χ1) is 6.22. The maximum atomic E-state index is 12.9. The molecule has 0 saturated heterocycles. The molecule has 1 heterocycles. The normalized spacial score (nSPS) is 11.0. The van der Waals surface area contributed by atoms with Gasteiger partial charge >= 0.3 is 0 Å². The highest BCUT2D eigenvalue weighted by Gasteiger charge is 2.05. The van der Waals surface area contributed by atoms with E-state index in [1.165, 1.54) is 12.1 Å². The molecule has 0 aliphatic heterocycles. The largest absolute Gasteiger partial charge is 0.330 e. The molecule has 2 N–H and O–H groups in total. The molecule has 1 aromatic heterocycles. The fourth-order valence-corrected chi connectivity index (χ4v) is 1.40. The third-order valence-corrected chi connectivity index (χ3v) is 2.12. The van der Waals surface area contributed by atoms with Crippen LogP contribution >= 0.6 is 0 Å². The van der Waals surface area contributed by atoms with Crippen molar-refractivity contribution in [2.75, 3.05) is 0 Å². The van der Waals surface area contributed by atoms with Gasteiger partial charge in [0.1, 0.15) is 11.6 Å². The number of imidazole rings is 1. The average molecular weight is 179 g/mol. The summed E-state index contributed by atoms with van der Waals surface area (Å²) in [6.07, 6.45) is 0. The molecule has 0 bridgehead atoms. The monoisotopic (exact) mass is 179 g/mol. The Morgan fingerprint density at radius 1 is 1.54 bits per heavy atom. The van der Waals surface area contributed by atoms with Gasteiger partial charge in [-0.05, 0) is 18.2 Å². The highest BCUT2D eigenvalue weighted by Crippen LogP contribution is 2.15. The third-order valence-electron chi connectivity index (χ3n) is 2.12. The summed E-state index contributed by atoms with van der Waals surface area (Å²) in [6, 6.07) is 4.51. The van der Waals surface area contributed by atoms with Crippen LogP contribution in [0, 0.1) is 5.82 Å². The van der Waals surface area contributed by atoms with Crippen LogP contribution in [0.1, 0.15) is 5.82 Å². The number of hydrogen-bond acceptors (Lipinski definition) is 2. The lowest BCUT2D eigenvalue weighted by atomic mass is 10.3. The van der Waals surface area contributed by atoms with Crippen molar-refractivity contribution in [1.29, 1.82) is 0 Å². The predicted octanol–water partition coefficient (Wildman–Crippen LogP) is 1.17. The predicted molar refractivity (Wildman–Crippen MR) is 48.6 cm³/mol. The Kier molecular flexibility index (Phi) is 1.77. The van der Waals surface area contributed by atoms with Crippen molar-refractivity contribution in [1.82, 2.24) is 9.55 Å². The Morgan fingerprint density at radius 2 is 2.31 bits per heavy atom. The highest BCUT2D eigenvalue weighted by atomic mass is 19.1. The molecule has 0 spiro atoms. The maximum absolute atomic E-state index is 12.9. The molecule has 0 unspecified atom stereocenters. The van der Waals surface area contributed by atoms with Crippen molar-refractivity contribution in [3.8, 4) is 0 Å². The third kappa shape index (κ3) is 1.19. The lowest BCUT2D eigenvalue weighted by molar-refractivity contribution is 0.628. The molecule has 13 heavy (non-hydrogen) atoms. The van der Waals surface area contributed by atoms with Crippen molar-refractivity contribution < 1.29 is 4.39 Å². The zero-order chi connectivity index (χ0) is 9.42. The number of halogens is 1. The van der Waals surface area contributed by atoms with Crippen LogP contribution in [0.15, 0.2) is 18.2 Å². The summed E-state index contributed by atoms with van der Waals surface area (Å²) < 4.78 is 14.7. The lowest BCUT2D eigenvalue weighted by Crippen LogP contribution is -2.04. The molecule has 0 aliphatic carbocycles. The summed E-state index contributed by atoms with van der Waals surface area (Å²) in [5, 5.41) is 0. The topological polar surface area (TPSA) is 43.8 Å². The standard InChI is InChI=1S/C9H10FN3/c1-13-8-4-6(10)2-3-7(8)12-9(13)5-11/h2-4H,5,11H2,1H3. The van der Waals surface area contributed by atoms with E-state index in [4.69, 9.17) is 5.73 Å². The van der Waals surface area contributed by atoms with Crippen molar-refractivity contribution in [2.45, 2.75) is 6.54 Å². The van der Waals surface area contributed by atoms with E-state index in [1.54, 1.807) is 10.6 Å². The number of rotatable bonds is 1. The summed E-state index contributed by atoms with van der Waals surface area (Å²) >= 11 is 0. The van der Waals surface area contributed by atoms with E-state index in [1.807, 2.05) is 7.05 Å². The number of aromatic nitrogens is 2. The number of hydrogen-bond donors (Lipinski definition) is 1. The molecule has 68 valence electrons. The van der Waals surface area contributed by atoms with Crippen molar-refractivity contribution in [2.24, 2.45) is 12.8 Å². The molecule has 0 saturated carbocycles. The Balaban J connectivity index is 2.77. The van der Waals surface area contributed by atoms with Crippen LogP contribution in [0.2, 0.25) is 0 Å². The van der Waals surface area contributed by atoms with Crippen LogP contribution in [0.4, 0.5) is 4.39 Å². The van der Waals surface area contributed by atoms with Gasteiger partial charge in [0.2, 0.25) is 0 Å². The zero-order valence-corrected chi connectivity index (χ0v) is 7.29. The summed E-state index contributed by atoms with van der Waals surface area (Å²) in [4.78, 5) is 4.24. The van der Waals surface area contributed by atoms with Gasteiger partial charge in [0.15, 0.2) is 0 Å². The molecule has 0 aliphatic rings. The van der Waals surface area contributed by atoms with E-state index in [0.717, 1.165) is 16.9 Å². The molecule has 3 nitrogen and oxygen atoms in total. The second-order valence-corrected chi connectivity index (χ2v) is 2.92. The Bertz CT molecular complexity index is 447. The Hall–Kier alpha value is -1.42. The smallest absolute Gasteiger partial charge is 0.125 e. The Morgan fingerprint density at radius 3 is 3.00 bits per heavy atom. The lowest BCUT2D eigenvalue weighted by Gasteiger charge is -1.97. The van der Waals surface area contributed by atoms with E-state index < -0.39 is 0 Å². The highest BCUT2D eigenvalue weighted by molar-refractivity contribution is 5.75. The minimum Gasteiger partial charge on any atom is -0.330 e. The first-order valence-electron chi connectivity index (χ1n) is 4.03. The molecule has 0 atom stereocenters. The van der Waals surface area contributed by atoms with Gasteiger partial charge in [0.05, 0.1) is 17.6 Å². The molecule has 4 heteroatoms. The van der Waals surface area contributed by atoms with Gasteiger partial charge in [-0.15, -0.1) is 0 Å². The van der Waals surface area contributed by atoms with Gasteiger partial charge in [-0.1, -0.05) is 0 Å². The van der Waals surface area contributed by atoms with Crippen LogP contribution in [-0.4, -0.2) is 9.55 Å². The van der Waals surface area contributed by atoms with E-state index in [2.05, 4.69) is 4.98 Å². The van der Waals surface area contributed by atoms with Gasteiger partial charge in [0, 0.05) is 7.05 Å². The van der Waals surface area contributed by atoms with Crippen molar-refractivity contribution >= 4 is 11.0 Å².